The Morgan fingerprint density at radius 2 is 1.96 bits per heavy atom. The average molecular weight is 401 g/mol. The number of halogens is 2. The summed E-state index contributed by atoms with van der Waals surface area (Å²) in [5.41, 5.74) is 2.91. The van der Waals surface area contributed by atoms with Crippen LogP contribution in [0.5, 0.6) is 0 Å². The Labute approximate surface area is 167 Å². The van der Waals surface area contributed by atoms with Crippen LogP contribution < -0.4 is 0 Å². The molecule has 0 aliphatic carbocycles. The quantitative estimate of drug-likeness (QED) is 0.364. The number of benzene rings is 1. The Hall–Kier alpha value is -2.55. The fraction of sp³-hybridized carbons (Fsp3) is 0.190. The molecule has 0 unspecified atom stereocenters. The average Bonchev–Trinajstić information content (AvgIpc) is 3.03. The minimum absolute atomic E-state index is 0.172. The van der Waals surface area contributed by atoms with E-state index in [0.29, 0.717) is 37.0 Å². The fourth-order valence-corrected chi connectivity index (χ4v) is 4.10. The molecule has 3 rings (SSSR count). The molecule has 138 valence electrons. The molecule has 0 N–H and O–H groups in total. The summed E-state index contributed by atoms with van der Waals surface area (Å²) in [7, 11) is 0. The van der Waals surface area contributed by atoms with E-state index in [1.807, 2.05) is 26.8 Å². The molecule has 6 heteroatoms. The Bertz CT molecular complexity index is 1040. The second-order valence-electron chi connectivity index (χ2n) is 5.53. The van der Waals surface area contributed by atoms with Crippen LogP contribution in [0.1, 0.15) is 41.6 Å². The monoisotopic (exact) mass is 400 g/mol. The van der Waals surface area contributed by atoms with Gasteiger partial charge in [-0.25, -0.2) is 4.98 Å². The minimum Gasteiger partial charge on any atom is -0.294 e. The zero-order valence-corrected chi connectivity index (χ0v) is 17.0. The van der Waals surface area contributed by atoms with Crippen LogP contribution in [0.3, 0.4) is 0 Å². The van der Waals surface area contributed by atoms with E-state index in [2.05, 4.69) is 11.1 Å². The van der Waals surface area contributed by atoms with Crippen molar-refractivity contribution in [3.8, 4) is 27.6 Å². The molecule has 0 amide bonds. The molecule has 0 saturated heterocycles. The van der Waals surface area contributed by atoms with E-state index in [9.17, 15) is 14.4 Å². The number of carbonyl (C=O) groups is 1. The van der Waals surface area contributed by atoms with Gasteiger partial charge in [0.1, 0.15) is 6.07 Å². The lowest BCUT2D eigenvalue weighted by atomic mass is 9.97. The van der Waals surface area contributed by atoms with E-state index in [4.69, 9.17) is 11.6 Å². The van der Waals surface area contributed by atoms with E-state index in [1.54, 1.807) is 18.2 Å². The summed E-state index contributed by atoms with van der Waals surface area (Å²) >= 11 is 7.53. The Morgan fingerprint density at radius 3 is 2.52 bits per heavy atom. The molecule has 0 bridgehead atoms. The predicted octanol–water partition coefficient (Wildman–Crippen LogP) is 6.68. The van der Waals surface area contributed by atoms with Crippen molar-refractivity contribution in [2.75, 3.05) is 0 Å². The maximum Gasteiger partial charge on any atom is 0.213 e. The zero-order chi connectivity index (χ0) is 20.1. The Morgan fingerprint density at radius 1 is 1.26 bits per heavy atom. The van der Waals surface area contributed by atoms with Gasteiger partial charge in [0, 0.05) is 28.4 Å². The molecule has 0 aliphatic heterocycles. The van der Waals surface area contributed by atoms with Crippen molar-refractivity contribution >= 4 is 28.7 Å². The smallest absolute Gasteiger partial charge is 0.213 e. The highest BCUT2D eigenvalue weighted by Crippen LogP contribution is 2.44. The van der Waals surface area contributed by atoms with Crippen molar-refractivity contribution in [1.29, 1.82) is 5.26 Å². The first-order valence-electron chi connectivity index (χ1n) is 8.38. The van der Waals surface area contributed by atoms with Crippen LogP contribution in [0.25, 0.3) is 21.6 Å². The molecule has 0 saturated carbocycles. The highest BCUT2D eigenvalue weighted by molar-refractivity contribution is 7.18. The molecule has 0 spiro atoms. The van der Waals surface area contributed by atoms with Crippen LogP contribution >= 0.6 is 22.9 Å². The zero-order valence-electron chi connectivity index (χ0n) is 15.4. The second-order valence-corrected chi connectivity index (χ2v) is 6.96. The van der Waals surface area contributed by atoms with Gasteiger partial charge in [-0.1, -0.05) is 37.6 Å². The number of thiophene rings is 1. The van der Waals surface area contributed by atoms with E-state index >= 15 is 0 Å². The third-order valence-electron chi connectivity index (χ3n) is 3.72. The molecule has 0 fully saturated rings. The van der Waals surface area contributed by atoms with Gasteiger partial charge in [-0.15, -0.1) is 11.3 Å². The molecule has 0 atom stereocenters. The van der Waals surface area contributed by atoms with Crippen LogP contribution in [0.4, 0.5) is 4.39 Å². The molecule has 2 heterocycles. The number of aryl methyl sites for hydroxylation is 1. The first-order chi connectivity index (χ1) is 12.9. The van der Waals surface area contributed by atoms with Gasteiger partial charge in [-0.2, -0.15) is 9.65 Å². The van der Waals surface area contributed by atoms with Crippen molar-refractivity contribution < 1.29 is 9.18 Å². The summed E-state index contributed by atoms with van der Waals surface area (Å²) < 4.78 is 13.5. The molecule has 3 aromatic rings. The number of hydrogen-bond donors (Lipinski definition) is 0. The van der Waals surface area contributed by atoms with Crippen LogP contribution in [-0.4, -0.2) is 10.8 Å². The maximum absolute atomic E-state index is 13.5. The van der Waals surface area contributed by atoms with Crippen LogP contribution in [-0.2, 0) is 0 Å². The van der Waals surface area contributed by atoms with E-state index < -0.39 is 5.95 Å². The number of ketones is 1. The number of pyridine rings is 1. The van der Waals surface area contributed by atoms with E-state index in [1.165, 1.54) is 19.2 Å². The topological polar surface area (TPSA) is 53.8 Å². The molecule has 2 aromatic heterocycles. The van der Waals surface area contributed by atoms with E-state index in [-0.39, 0.29) is 5.78 Å². The normalized spacial score (nSPS) is 9.96. The first kappa shape index (κ1) is 20.8. The fourth-order valence-electron chi connectivity index (χ4n) is 2.61. The van der Waals surface area contributed by atoms with Crippen molar-refractivity contribution in [3.05, 3.63) is 63.5 Å². The van der Waals surface area contributed by atoms with Gasteiger partial charge in [0.15, 0.2) is 5.78 Å². The van der Waals surface area contributed by atoms with Crippen LogP contribution in [0.2, 0.25) is 5.02 Å². The second kappa shape index (κ2) is 8.90. The highest BCUT2D eigenvalue weighted by Gasteiger charge is 2.24. The minimum atomic E-state index is -0.644. The predicted molar refractivity (Wildman–Crippen MR) is 109 cm³/mol. The number of carbonyl (C=O) groups excluding carboxylic acids is 1. The lowest BCUT2D eigenvalue weighted by Gasteiger charge is -2.07. The molecular weight excluding hydrogens is 383 g/mol. The Kier molecular flexibility index (Phi) is 6.84. The summed E-state index contributed by atoms with van der Waals surface area (Å²) in [6.45, 7) is 7.35. The first-order valence-corrected chi connectivity index (χ1v) is 9.58. The summed E-state index contributed by atoms with van der Waals surface area (Å²) in [5.74, 6) is -0.817. The molecule has 0 aliphatic rings. The molecule has 1 aromatic carbocycles. The number of nitrogens with zero attached hydrogens (tertiary/aromatic N) is 2. The van der Waals surface area contributed by atoms with Gasteiger partial charge in [-0.05, 0) is 37.1 Å². The lowest BCUT2D eigenvalue weighted by Crippen LogP contribution is -1.93. The third kappa shape index (κ3) is 4.24. The van der Waals surface area contributed by atoms with Gasteiger partial charge in [-0.3, -0.25) is 4.79 Å². The molecule has 27 heavy (non-hydrogen) atoms. The summed E-state index contributed by atoms with van der Waals surface area (Å²) in [6.07, 6.45) is 1.33. The summed E-state index contributed by atoms with van der Waals surface area (Å²) in [4.78, 5) is 16.7. The standard InChI is InChI=1S/C19H12ClFN2OS.C2H6/c1-10-3-4-13(15(20)7-10)17-14(9-22)19(25-18(17)11(2)24)12-5-6-23-16(21)8-12;1-2/h3-8H,1-2H3;1-2H3. The molecule has 0 radical (unpaired) electrons. The maximum atomic E-state index is 13.5. The summed E-state index contributed by atoms with van der Waals surface area (Å²) in [6, 6.07) is 10.5. The van der Waals surface area contributed by atoms with Gasteiger partial charge >= 0.3 is 0 Å². The van der Waals surface area contributed by atoms with Gasteiger partial charge < -0.3 is 0 Å². The SMILES string of the molecule is CC.CC(=O)c1sc(-c2ccnc(F)c2)c(C#N)c1-c1ccc(C)cc1Cl. The largest absolute Gasteiger partial charge is 0.294 e. The van der Waals surface area contributed by atoms with Crippen LogP contribution in [0, 0.1) is 24.2 Å². The number of rotatable bonds is 3. The van der Waals surface area contributed by atoms with Crippen molar-refractivity contribution in [3.63, 3.8) is 0 Å². The Balaban J connectivity index is 0.00000126. The van der Waals surface area contributed by atoms with Crippen molar-refractivity contribution in [2.24, 2.45) is 0 Å². The van der Waals surface area contributed by atoms with Gasteiger partial charge in [0.05, 0.1) is 15.3 Å². The van der Waals surface area contributed by atoms with Crippen molar-refractivity contribution in [1.82, 2.24) is 4.98 Å². The van der Waals surface area contributed by atoms with Crippen LogP contribution in [0.15, 0.2) is 36.5 Å². The van der Waals surface area contributed by atoms with Gasteiger partial charge in [0.2, 0.25) is 5.95 Å². The molecular formula is C21H18ClFN2OS. The van der Waals surface area contributed by atoms with E-state index in [0.717, 1.165) is 16.9 Å². The number of nitriles is 1. The lowest BCUT2D eigenvalue weighted by molar-refractivity contribution is 0.102. The third-order valence-corrected chi connectivity index (χ3v) is 5.37. The van der Waals surface area contributed by atoms with Gasteiger partial charge in [0.25, 0.3) is 0 Å². The molecule has 3 nitrogen and oxygen atoms in total. The number of Topliss-reactive ketones (excluding diaryl/α,β-unsaturated/α-hetero) is 1. The van der Waals surface area contributed by atoms with Crippen molar-refractivity contribution in [2.45, 2.75) is 27.7 Å². The summed E-state index contributed by atoms with van der Waals surface area (Å²) in [5, 5.41) is 10.2. The number of hydrogen-bond acceptors (Lipinski definition) is 4. The highest BCUT2D eigenvalue weighted by atomic mass is 35.5. The number of aromatic nitrogens is 1.